The molecule has 1 aliphatic rings. The minimum absolute atomic E-state index is 0.0117. The molecule has 5 amide bonds. The number of carbonyl (C=O) groups excluding carboxylic acids is 4. The molecule has 412 valence electrons. The number of nitrogens with zero attached hydrogens (tertiary/aromatic N) is 5. The van der Waals surface area contributed by atoms with Crippen LogP contribution in [-0.4, -0.2) is 157 Å². The monoisotopic (exact) mass is 1060 g/mol. The first-order chi connectivity index (χ1) is 34.8. The maximum absolute atomic E-state index is 14.7. The van der Waals surface area contributed by atoms with Crippen molar-refractivity contribution in [1.29, 1.82) is 0 Å². The summed E-state index contributed by atoms with van der Waals surface area (Å²) >= 11 is 1.50. The van der Waals surface area contributed by atoms with Gasteiger partial charge in [-0.05, 0) is 73.7 Å². The molecule has 74 heavy (non-hydrogen) atoms. The molecule has 3 aromatic rings. The smallest absolute Gasteiger partial charge is 0.475 e. The van der Waals surface area contributed by atoms with Crippen LogP contribution >= 0.6 is 11.3 Å². The van der Waals surface area contributed by atoms with E-state index in [2.05, 4.69) is 15.6 Å². The van der Waals surface area contributed by atoms with Crippen LogP contribution in [-0.2, 0) is 46.3 Å². The molecular formula is C53H78F3N7O10S. The Morgan fingerprint density at radius 2 is 1.49 bits per heavy atom. The first-order valence-electron chi connectivity index (χ1n) is 25.0. The number of hydrogen-bond acceptors (Lipinski definition) is 11. The lowest BCUT2D eigenvalue weighted by molar-refractivity contribution is -0.192. The molecule has 1 aromatic heterocycles. The van der Waals surface area contributed by atoms with Crippen LogP contribution in [0.1, 0.15) is 96.3 Å². The molecule has 2 aromatic carbocycles. The van der Waals surface area contributed by atoms with Gasteiger partial charge in [-0.2, -0.15) is 13.2 Å². The zero-order chi connectivity index (χ0) is 55.6. The highest BCUT2D eigenvalue weighted by Crippen LogP contribution is 2.31. The van der Waals surface area contributed by atoms with Gasteiger partial charge in [0.1, 0.15) is 11.0 Å². The van der Waals surface area contributed by atoms with E-state index in [1.54, 1.807) is 44.5 Å². The fourth-order valence-corrected chi connectivity index (χ4v) is 10.2. The Morgan fingerprint density at radius 1 is 0.865 bits per heavy atom. The number of hydrogen-bond donors (Lipinski definition) is 4. The zero-order valence-corrected chi connectivity index (χ0v) is 45.6. The van der Waals surface area contributed by atoms with Crippen molar-refractivity contribution in [2.24, 2.45) is 23.7 Å². The van der Waals surface area contributed by atoms with Crippen molar-refractivity contribution >= 4 is 52.7 Å². The molecular weight excluding hydrogens is 984 g/mol. The number of nitrogens with one attached hydrogen (secondary N) is 2. The third-order valence-corrected chi connectivity index (χ3v) is 14.7. The predicted molar refractivity (Wildman–Crippen MR) is 278 cm³/mol. The Bertz CT molecular complexity index is 2240. The van der Waals surface area contributed by atoms with Gasteiger partial charge in [0, 0.05) is 58.7 Å². The second-order valence-electron chi connectivity index (χ2n) is 19.7. The van der Waals surface area contributed by atoms with Crippen LogP contribution in [0.2, 0.25) is 0 Å². The highest BCUT2D eigenvalue weighted by atomic mass is 32.1. The van der Waals surface area contributed by atoms with Gasteiger partial charge in [0.2, 0.25) is 23.6 Å². The summed E-state index contributed by atoms with van der Waals surface area (Å²) in [5.41, 5.74) is 2.65. The van der Waals surface area contributed by atoms with E-state index in [0.717, 1.165) is 27.5 Å². The van der Waals surface area contributed by atoms with Gasteiger partial charge in [-0.25, -0.2) is 14.6 Å². The number of ether oxygens (including phenoxy) is 2. The number of likely N-dealkylation sites (N-methyl/N-ethyl adjacent to an activating group) is 2. The lowest BCUT2D eigenvalue weighted by Gasteiger charge is -2.41. The van der Waals surface area contributed by atoms with Crippen molar-refractivity contribution < 1.29 is 61.6 Å². The van der Waals surface area contributed by atoms with E-state index in [1.807, 2.05) is 113 Å². The molecule has 1 fully saturated rings. The quantitative estimate of drug-likeness (QED) is 0.0648. The van der Waals surface area contributed by atoms with Crippen molar-refractivity contribution in [2.45, 2.75) is 136 Å². The number of methoxy groups -OCH3 is 2. The molecule has 0 saturated carbocycles. The molecule has 4 N–H and O–H groups in total. The van der Waals surface area contributed by atoms with E-state index in [9.17, 15) is 42.3 Å². The van der Waals surface area contributed by atoms with Crippen molar-refractivity contribution in [3.8, 4) is 0 Å². The summed E-state index contributed by atoms with van der Waals surface area (Å²) < 4.78 is 43.9. The van der Waals surface area contributed by atoms with Crippen LogP contribution in [0.25, 0.3) is 0 Å². The summed E-state index contributed by atoms with van der Waals surface area (Å²) in [4.78, 5) is 88.8. The first kappa shape index (κ1) is 62.7. The first-order valence-corrected chi connectivity index (χ1v) is 25.9. The van der Waals surface area contributed by atoms with Gasteiger partial charge in [0.05, 0.1) is 48.7 Å². The number of carboxylic acid groups (broad SMARTS) is 2. The van der Waals surface area contributed by atoms with Gasteiger partial charge >= 0.3 is 18.2 Å². The van der Waals surface area contributed by atoms with Crippen LogP contribution in [0, 0.1) is 23.7 Å². The van der Waals surface area contributed by atoms with Gasteiger partial charge in [0.25, 0.3) is 0 Å². The minimum Gasteiger partial charge on any atom is -0.475 e. The molecule has 9 atom stereocenters. The summed E-state index contributed by atoms with van der Waals surface area (Å²) in [6.45, 7) is 14.8. The Kier molecular flexibility index (Phi) is 24.9. The minimum atomic E-state index is -5.08. The second kappa shape index (κ2) is 29.5. The molecule has 0 spiro atoms. The summed E-state index contributed by atoms with van der Waals surface area (Å²) in [5.74, 6) is -4.54. The molecule has 0 radical (unpaired) electrons. The topological polar surface area (TPSA) is 211 Å². The molecule has 17 nitrogen and oxygen atoms in total. The number of anilines is 1. The molecule has 1 unspecified atom stereocenters. The van der Waals surface area contributed by atoms with E-state index in [0.29, 0.717) is 44.5 Å². The molecule has 0 aliphatic carbocycles. The highest BCUT2D eigenvalue weighted by Gasteiger charge is 2.44. The number of benzene rings is 2. The molecule has 2 heterocycles. The van der Waals surface area contributed by atoms with Gasteiger partial charge in [-0.3, -0.25) is 29.0 Å². The molecule has 0 bridgehead atoms. The number of likely N-dealkylation sites (tertiary alicyclic amines) is 1. The molecule has 1 saturated heterocycles. The van der Waals surface area contributed by atoms with Gasteiger partial charge in [-0.15, -0.1) is 11.3 Å². The lowest BCUT2D eigenvalue weighted by Crippen LogP contribution is -2.60. The summed E-state index contributed by atoms with van der Waals surface area (Å²) in [6, 6.07) is 14.8. The number of carboxylic acids is 1. The van der Waals surface area contributed by atoms with Crippen LogP contribution in [0.4, 0.5) is 23.7 Å². The average Bonchev–Trinajstić information content (AvgIpc) is 4.08. The van der Waals surface area contributed by atoms with Crippen molar-refractivity contribution in [3.05, 3.63) is 82.3 Å². The molecule has 21 heteroatoms. The number of alkyl halides is 3. The fourth-order valence-electron chi connectivity index (χ4n) is 9.49. The predicted octanol–water partition coefficient (Wildman–Crippen LogP) is 7.55. The third kappa shape index (κ3) is 17.8. The number of halogens is 3. The van der Waals surface area contributed by atoms with Crippen molar-refractivity contribution in [2.75, 3.05) is 53.4 Å². The SMILES string of the molecule is CC[C@H](C)[C@@H]([C@@H](CC(=O)N1CCC[C@H]1C(OC)[C@@H](C)C(=O)N[C@@H](Cc1ccccc1)c1nccs1)OC)N(C)C(=O)[C@@H](NC(=O)[C@H](C(C)C)N(C)CCc1ccc(N(C)C(=O)O)cc1)C(C)C.O=C(O)C(F)(F)F. The van der Waals surface area contributed by atoms with Gasteiger partial charge in [-0.1, -0.05) is 97.4 Å². The summed E-state index contributed by atoms with van der Waals surface area (Å²) in [6.07, 6.45) is -2.24. The number of amides is 5. The van der Waals surface area contributed by atoms with E-state index >= 15 is 0 Å². The summed E-state index contributed by atoms with van der Waals surface area (Å²) in [5, 5.41) is 25.5. The fraction of sp³-hybridized carbons (Fsp3) is 0.604. The van der Waals surface area contributed by atoms with E-state index in [-0.39, 0.29) is 59.9 Å². The van der Waals surface area contributed by atoms with E-state index in [1.165, 1.54) is 18.4 Å². The third-order valence-electron chi connectivity index (χ3n) is 13.8. The van der Waals surface area contributed by atoms with E-state index < -0.39 is 54.5 Å². The standard InChI is InChI=1S/C51H77N7O8S.C2HF3O2/c1-13-34(6)45(57(10)50(62)43(32(2)3)54-48(61)44(33(4)5)55(8)28-25-36-21-23-38(24-22-36)56(9)51(63)64)41(65-11)31-42(59)58-27-17-20-40(58)46(66-12)35(7)47(60)53-39(49-52-26-29-67-49)30-37-18-15-14-16-19-37;3-2(4,5)1(6)7/h14-16,18-19,21-24,26,29,32-35,39-41,43-46H,13,17,20,25,27-28,30-31H2,1-12H3,(H,53,60)(H,54,61)(H,63,64);(H,6,7)/t34-,35+,39-,40-,41+,43-,44-,45-,46?;/m0./s1. The van der Waals surface area contributed by atoms with E-state index in [4.69, 9.17) is 19.4 Å². The molecule has 4 rings (SSSR count). The lowest BCUT2D eigenvalue weighted by atomic mass is 9.89. The molecule has 1 aliphatic heterocycles. The maximum Gasteiger partial charge on any atom is 0.490 e. The second-order valence-corrected chi connectivity index (χ2v) is 20.6. The number of thiazole rings is 1. The number of rotatable bonds is 25. The number of aromatic nitrogens is 1. The van der Waals surface area contributed by atoms with Crippen LogP contribution in [0.5, 0.6) is 0 Å². The number of aliphatic carboxylic acids is 1. The zero-order valence-electron chi connectivity index (χ0n) is 44.8. The normalized spacial score (nSPS) is 17.0. The largest absolute Gasteiger partial charge is 0.490 e. The van der Waals surface area contributed by atoms with Gasteiger partial charge < -0.3 is 40.1 Å². The number of carbonyl (C=O) groups is 6. The maximum atomic E-state index is 14.7. The summed E-state index contributed by atoms with van der Waals surface area (Å²) in [7, 11) is 8.29. The highest BCUT2D eigenvalue weighted by molar-refractivity contribution is 7.09. The van der Waals surface area contributed by atoms with Crippen LogP contribution < -0.4 is 15.5 Å². The Morgan fingerprint density at radius 3 is 1.99 bits per heavy atom. The average molecular weight is 1060 g/mol. The van der Waals surface area contributed by atoms with Crippen molar-refractivity contribution in [3.63, 3.8) is 0 Å². The Balaban J connectivity index is 0.00000192. The Labute approximate surface area is 438 Å². The van der Waals surface area contributed by atoms with Crippen molar-refractivity contribution in [1.82, 2.24) is 30.3 Å². The van der Waals surface area contributed by atoms with Crippen LogP contribution in [0.3, 0.4) is 0 Å². The van der Waals surface area contributed by atoms with Crippen LogP contribution in [0.15, 0.2) is 66.2 Å². The van der Waals surface area contributed by atoms with Gasteiger partial charge in [0.15, 0.2) is 0 Å². The Hall–Kier alpha value is -5.64.